The molecule has 2 fully saturated rings. The Morgan fingerprint density at radius 2 is 2.14 bits per heavy atom. The molecule has 2 heterocycles. The van der Waals surface area contributed by atoms with Crippen LogP contribution in [-0.4, -0.2) is 24.0 Å². The summed E-state index contributed by atoms with van der Waals surface area (Å²) in [5.41, 5.74) is 4.23. The standard InChI is InChI=1S/C13H13ClF3N3O/c14-7-3-8(13(15,16)17)11(19-4-7)20-5-9(10(18)21)12(6-20)1-2-12/h3-4,9H,1-2,5-6H2,(H2,18,21). The zero-order chi connectivity index (χ0) is 15.4. The molecule has 1 saturated carbocycles. The van der Waals surface area contributed by atoms with Crippen LogP contribution in [0, 0.1) is 11.3 Å². The number of carbonyl (C=O) groups excluding carboxylic acids is 1. The Hall–Kier alpha value is -1.50. The third kappa shape index (κ3) is 2.43. The van der Waals surface area contributed by atoms with Crippen LogP contribution in [0.15, 0.2) is 12.3 Å². The number of carbonyl (C=O) groups is 1. The Labute approximate surface area is 124 Å². The molecule has 1 spiro atoms. The van der Waals surface area contributed by atoms with E-state index in [9.17, 15) is 18.0 Å². The smallest absolute Gasteiger partial charge is 0.369 e. The number of primary amides is 1. The van der Waals surface area contributed by atoms with Gasteiger partial charge in [-0.2, -0.15) is 13.2 Å². The Balaban J connectivity index is 1.97. The summed E-state index contributed by atoms with van der Waals surface area (Å²) in [7, 11) is 0. The highest BCUT2D eigenvalue weighted by Gasteiger charge is 2.58. The van der Waals surface area contributed by atoms with Crippen molar-refractivity contribution in [3.05, 3.63) is 22.8 Å². The Bertz CT molecular complexity index is 601. The summed E-state index contributed by atoms with van der Waals surface area (Å²) in [6.07, 6.45) is -1.74. The molecule has 4 nitrogen and oxygen atoms in total. The number of anilines is 1. The van der Waals surface area contributed by atoms with Crippen molar-refractivity contribution in [1.29, 1.82) is 0 Å². The topological polar surface area (TPSA) is 59.2 Å². The van der Waals surface area contributed by atoms with Gasteiger partial charge in [-0.15, -0.1) is 0 Å². The van der Waals surface area contributed by atoms with E-state index in [0.29, 0.717) is 6.54 Å². The maximum absolute atomic E-state index is 13.1. The molecule has 1 aliphatic heterocycles. The molecule has 1 aromatic heterocycles. The van der Waals surface area contributed by atoms with E-state index in [1.807, 2.05) is 0 Å². The fourth-order valence-electron chi connectivity index (χ4n) is 3.08. The summed E-state index contributed by atoms with van der Waals surface area (Å²) >= 11 is 5.62. The van der Waals surface area contributed by atoms with Gasteiger partial charge in [-0.05, 0) is 18.9 Å². The summed E-state index contributed by atoms with van der Waals surface area (Å²) in [6, 6.07) is 0.862. The van der Waals surface area contributed by atoms with Crippen molar-refractivity contribution >= 4 is 23.3 Å². The fraction of sp³-hybridized carbons (Fsp3) is 0.538. The van der Waals surface area contributed by atoms with E-state index in [1.165, 1.54) is 11.1 Å². The van der Waals surface area contributed by atoms with Crippen LogP contribution in [-0.2, 0) is 11.0 Å². The first-order valence-corrected chi connectivity index (χ1v) is 6.88. The summed E-state index contributed by atoms with van der Waals surface area (Å²) in [6.45, 7) is 0.547. The lowest BCUT2D eigenvalue weighted by molar-refractivity contribution is -0.137. The first kappa shape index (κ1) is 14.4. The van der Waals surface area contributed by atoms with Gasteiger partial charge in [0.15, 0.2) is 0 Å². The van der Waals surface area contributed by atoms with Gasteiger partial charge >= 0.3 is 6.18 Å². The van der Waals surface area contributed by atoms with E-state index < -0.39 is 23.6 Å². The molecule has 21 heavy (non-hydrogen) atoms. The summed E-state index contributed by atoms with van der Waals surface area (Å²) < 4.78 is 39.4. The van der Waals surface area contributed by atoms with Crippen LogP contribution >= 0.6 is 11.6 Å². The molecule has 1 atom stereocenters. The minimum absolute atomic E-state index is 0.0714. The number of nitrogens with zero attached hydrogens (tertiary/aromatic N) is 2. The molecular weight excluding hydrogens is 307 g/mol. The van der Waals surface area contributed by atoms with E-state index in [2.05, 4.69) is 4.98 Å². The van der Waals surface area contributed by atoms with Crippen LogP contribution in [0.4, 0.5) is 19.0 Å². The van der Waals surface area contributed by atoms with Gasteiger partial charge in [0.1, 0.15) is 5.82 Å². The molecule has 0 radical (unpaired) electrons. The minimum atomic E-state index is -4.55. The molecule has 1 amide bonds. The largest absolute Gasteiger partial charge is 0.420 e. The molecule has 114 valence electrons. The van der Waals surface area contributed by atoms with Crippen LogP contribution < -0.4 is 10.6 Å². The van der Waals surface area contributed by atoms with E-state index >= 15 is 0 Å². The van der Waals surface area contributed by atoms with Crippen molar-refractivity contribution in [2.24, 2.45) is 17.1 Å². The number of alkyl halides is 3. The molecule has 0 aromatic carbocycles. The van der Waals surface area contributed by atoms with Gasteiger partial charge < -0.3 is 10.6 Å². The molecule has 1 unspecified atom stereocenters. The second kappa shape index (κ2) is 4.50. The zero-order valence-electron chi connectivity index (χ0n) is 11.0. The third-order valence-electron chi connectivity index (χ3n) is 4.32. The monoisotopic (exact) mass is 319 g/mol. The van der Waals surface area contributed by atoms with E-state index in [-0.39, 0.29) is 22.8 Å². The Morgan fingerprint density at radius 1 is 1.48 bits per heavy atom. The van der Waals surface area contributed by atoms with Gasteiger partial charge in [-0.1, -0.05) is 11.6 Å². The van der Waals surface area contributed by atoms with E-state index in [4.69, 9.17) is 17.3 Å². The van der Waals surface area contributed by atoms with Crippen molar-refractivity contribution in [2.45, 2.75) is 19.0 Å². The highest BCUT2D eigenvalue weighted by atomic mass is 35.5. The van der Waals surface area contributed by atoms with Crippen molar-refractivity contribution in [3.8, 4) is 0 Å². The van der Waals surface area contributed by atoms with Crippen LogP contribution in [0.1, 0.15) is 18.4 Å². The second-order valence-electron chi connectivity index (χ2n) is 5.72. The summed E-state index contributed by atoms with van der Waals surface area (Å²) in [5.74, 6) is -1.06. The second-order valence-corrected chi connectivity index (χ2v) is 6.16. The average Bonchev–Trinajstić information content (AvgIpc) is 3.01. The molecule has 3 rings (SSSR count). The normalized spacial score (nSPS) is 23.6. The lowest BCUT2D eigenvalue weighted by Crippen LogP contribution is -2.31. The number of pyridine rings is 1. The van der Waals surface area contributed by atoms with Crippen molar-refractivity contribution in [3.63, 3.8) is 0 Å². The lowest BCUT2D eigenvalue weighted by atomic mass is 9.92. The van der Waals surface area contributed by atoms with Gasteiger partial charge in [-0.25, -0.2) is 4.98 Å². The lowest BCUT2D eigenvalue weighted by Gasteiger charge is -2.22. The number of nitrogens with two attached hydrogens (primary N) is 1. The number of aromatic nitrogens is 1. The predicted molar refractivity (Wildman–Crippen MR) is 70.8 cm³/mol. The maximum Gasteiger partial charge on any atom is 0.420 e. The van der Waals surface area contributed by atoms with Crippen molar-refractivity contribution < 1.29 is 18.0 Å². The zero-order valence-corrected chi connectivity index (χ0v) is 11.7. The van der Waals surface area contributed by atoms with Gasteiger partial charge in [0.05, 0.1) is 16.5 Å². The van der Waals surface area contributed by atoms with E-state index in [1.54, 1.807) is 0 Å². The minimum Gasteiger partial charge on any atom is -0.369 e. The molecule has 8 heteroatoms. The number of halogens is 4. The van der Waals surface area contributed by atoms with Crippen molar-refractivity contribution in [2.75, 3.05) is 18.0 Å². The van der Waals surface area contributed by atoms with Gasteiger partial charge in [0, 0.05) is 24.7 Å². The van der Waals surface area contributed by atoms with Crippen LogP contribution in [0.25, 0.3) is 0 Å². The van der Waals surface area contributed by atoms with E-state index in [0.717, 1.165) is 18.9 Å². The number of amides is 1. The Morgan fingerprint density at radius 3 is 2.62 bits per heavy atom. The summed E-state index contributed by atoms with van der Waals surface area (Å²) in [5, 5.41) is -0.0714. The molecule has 2 N–H and O–H groups in total. The summed E-state index contributed by atoms with van der Waals surface area (Å²) in [4.78, 5) is 16.8. The van der Waals surface area contributed by atoms with Crippen molar-refractivity contribution in [1.82, 2.24) is 4.98 Å². The van der Waals surface area contributed by atoms with Crippen LogP contribution in [0.5, 0.6) is 0 Å². The first-order valence-electron chi connectivity index (χ1n) is 6.50. The number of hydrogen-bond donors (Lipinski definition) is 1. The molecule has 1 aromatic rings. The van der Waals surface area contributed by atoms with Crippen LogP contribution in [0.2, 0.25) is 5.02 Å². The average molecular weight is 320 g/mol. The first-order chi connectivity index (χ1) is 9.73. The Kier molecular flexibility index (Phi) is 3.09. The third-order valence-corrected chi connectivity index (χ3v) is 4.53. The molecule has 2 aliphatic rings. The highest BCUT2D eigenvalue weighted by Crippen LogP contribution is 2.57. The number of hydrogen-bond acceptors (Lipinski definition) is 3. The maximum atomic E-state index is 13.1. The quantitative estimate of drug-likeness (QED) is 0.911. The predicted octanol–water partition coefficient (Wildman–Crippen LogP) is 2.46. The highest BCUT2D eigenvalue weighted by molar-refractivity contribution is 6.30. The fourth-order valence-corrected chi connectivity index (χ4v) is 3.24. The molecular formula is C13H13ClF3N3O. The number of rotatable bonds is 2. The SMILES string of the molecule is NC(=O)C1CN(c2ncc(Cl)cc2C(F)(F)F)CC12CC2. The van der Waals surface area contributed by atoms with Crippen LogP contribution in [0.3, 0.4) is 0 Å². The van der Waals surface area contributed by atoms with Gasteiger partial charge in [0.2, 0.25) is 5.91 Å². The molecule has 1 aliphatic carbocycles. The van der Waals surface area contributed by atoms with Gasteiger partial charge in [0.25, 0.3) is 0 Å². The molecule has 0 bridgehead atoms. The molecule has 1 saturated heterocycles. The van der Waals surface area contributed by atoms with Gasteiger partial charge in [-0.3, -0.25) is 4.79 Å².